The van der Waals surface area contributed by atoms with E-state index in [4.69, 9.17) is 33.2 Å². The van der Waals surface area contributed by atoms with Crippen molar-refractivity contribution in [1.29, 1.82) is 0 Å². The Morgan fingerprint density at radius 3 is 1.53 bits per heavy atom. The van der Waals surface area contributed by atoms with E-state index < -0.39 is 11.9 Å². The monoisotopic (exact) mass is 784 g/mol. The van der Waals surface area contributed by atoms with Crippen LogP contribution in [0.2, 0.25) is 0 Å². The number of hydrogen-bond donors (Lipinski definition) is 3. The molecule has 14 heteroatoms. The molecule has 0 fully saturated rings. The van der Waals surface area contributed by atoms with Crippen LogP contribution < -0.4 is 39.1 Å². The number of aromatic nitrogens is 2. The maximum absolute atomic E-state index is 12.3. The third-order valence-corrected chi connectivity index (χ3v) is 8.91. The first-order valence-corrected chi connectivity index (χ1v) is 18.4. The van der Waals surface area contributed by atoms with Crippen LogP contribution in [-0.2, 0) is 4.74 Å². The number of pyridine rings is 2. The van der Waals surface area contributed by atoms with Gasteiger partial charge in [0, 0.05) is 11.1 Å². The topological polar surface area (TPSA) is 169 Å². The summed E-state index contributed by atoms with van der Waals surface area (Å²) in [5, 5.41) is 15.7. The highest BCUT2D eigenvalue weighted by atomic mass is 16.6. The number of carboxylic acids is 1. The zero-order valence-corrected chi connectivity index (χ0v) is 31.9. The van der Waals surface area contributed by atoms with E-state index >= 15 is 0 Å². The maximum Gasteiger partial charge on any atom is 0.340 e. The molecule has 0 spiro atoms. The van der Waals surface area contributed by atoms with E-state index in [1.165, 1.54) is 13.2 Å². The van der Waals surface area contributed by atoms with Gasteiger partial charge in [-0.3, -0.25) is 0 Å². The Labute approximate surface area is 334 Å². The van der Waals surface area contributed by atoms with Gasteiger partial charge >= 0.3 is 11.9 Å². The zero-order valence-electron chi connectivity index (χ0n) is 31.9. The van der Waals surface area contributed by atoms with Crippen LogP contribution >= 0.6 is 0 Å². The molecule has 0 saturated carbocycles. The number of ether oxygens (including phenoxy) is 7. The van der Waals surface area contributed by atoms with E-state index in [0.717, 1.165) is 11.1 Å². The van der Waals surface area contributed by atoms with Crippen LogP contribution in [0.15, 0.2) is 109 Å². The molecule has 58 heavy (non-hydrogen) atoms. The largest absolute Gasteiger partial charge is 0.486 e. The van der Waals surface area contributed by atoms with Gasteiger partial charge in [0.2, 0.25) is 11.8 Å². The van der Waals surface area contributed by atoms with Crippen LogP contribution in [0, 0.1) is 0 Å². The van der Waals surface area contributed by atoms with Crippen LogP contribution in [0.3, 0.4) is 0 Å². The number of esters is 1. The van der Waals surface area contributed by atoms with E-state index in [1.54, 1.807) is 56.5 Å². The summed E-state index contributed by atoms with van der Waals surface area (Å²) in [7, 11) is 3.06. The van der Waals surface area contributed by atoms with Crippen molar-refractivity contribution >= 4 is 34.7 Å². The highest BCUT2D eigenvalue weighted by Gasteiger charge is 2.21. The number of anilines is 4. The fraction of sp³-hybridized carbons (Fsp3) is 0.182. The Bertz CT molecular complexity index is 2440. The molecular weight excluding hydrogens is 745 g/mol. The number of benzene rings is 4. The van der Waals surface area contributed by atoms with Gasteiger partial charge in [-0.2, -0.15) is 0 Å². The minimum absolute atomic E-state index is 0.163. The molecule has 6 aromatic rings. The molecular formula is C44H40N4O10. The summed E-state index contributed by atoms with van der Waals surface area (Å²) in [4.78, 5) is 32.9. The molecule has 0 radical (unpaired) electrons. The van der Waals surface area contributed by atoms with Crippen molar-refractivity contribution in [3.8, 4) is 57.3 Å². The lowest BCUT2D eigenvalue weighted by Crippen LogP contribution is -2.16. The summed E-state index contributed by atoms with van der Waals surface area (Å²) < 4.78 is 38.9. The summed E-state index contributed by atoms with van der Waals surface area (Å²) in [6, 6.07) is 32.5. The normalized spacial score (nSPS) is 12.3. The highest BCUT2D eigenvalue weighted by molar-refractivity contribution is 5.97. The molecule has 0 saturated heterocycles. The molecule has 2 aliphatic rings. The molecule has 2 aromatic heterocycles. The lowest BCUT2D eigenvalue weighted by Gasteiger charge is -2.21. The first-order valence-electron chi connectivity index (χ1n) is 18.4. The lowest BCUT2D eigenvalue weighted by atomic mass is 10.1. The average molecular weight is 785 g/mol. The Morgan fingerprint density at radius 1 is 0.586 bits per heavy atom. The Morgan fingerprint density at radius 2 is 1.05 bits per heavy atom. The number of carbonyl (C=O) groups excluding carboxylic acids is 1. The van der Waals surface area contributed by atoms with Crippen LogP contribution in [0.25, 0.3) is 22.5 Å². The number of rotatable bonds is 11. The third kappa shape index (κ3) is 8.50. The first-order chi connectivity index (χ1) is 28.4. The smallest absolute Gasteiger partial charge is 0.340 e. The fourth-order valence-electron chi connectivity index (χ4n) is 6.28. The average Bonchev–Trinajstić information content (AvgIpc) is 3.27. The minimum atomic E-state index is -1.01. The van der Waals surface area contributed by atoms with Crippen molar-refractivity contribution < 1.29 is 47.9 Å². The van der Waals surface area contributed by atoms with Gasteiger partial charge in [0.05, 0.1) is 54.7 Å². The molecule has 3 N–H and O–H groups in total. The molecule has 4 heterocycles. The quantitative estimate of drug-likeness (QED) is 0.107. The van der Waals surface area contributed by atoms with E-state index in [2.05, 4.69) is 20.6 Å². The highest BCUT2D eigenvalue weighted by Crippen LogP contribution is 2.42. The first kappa shape index (κ1) is 38.8. The van der Waals surface area contributed by atoms with Gasteiger partial charge in [0.1, 0.15) is 37.8 Å². The summed E-state index contributed by atoms with van der Waals surface area (Å²) in [6.07, 6.45) is 0. The number of nitrogens with zero attached hydrogens (tertiary/aromatic N) is 2. The summed E-state index contributed by atoms with van der Waals surface area (Å²) in [5.74, 6) is 2.03. The molecule has 0 atom stereocenters. The Kier molecular flexibility index (Phi) is 12.0. The number of nitrogens with one attached hydrogen (secondary N) is 2. The van der Waals surface area contributed by atoms with Gasteiger partial charge in [-0.25, -0.2) is 19.6 Å². The maximum atomic E-state index is 12.3. The van der Waals surface area contributed by atoms with Gasteiger partial charge in [0.25, 0.3) is 0 Å². The molecule has 4 aromatic carbocycles. The van der Waals surface area contributed by atoms with E-state index in [-0.39, 0.29) is 5.56 Å². The zero-order chi connectivity index (χ0) is 40.4. The van der Waals surface area contributed by atoms with E-state index in [9.17, 15) is 14.7 Å². The van der Waals surface area contributed by atoms with Crippen LogP contribution in [0.4, 0.5) is 22.7 Å². The second-order valence-corrected chi connectivity index (χ2v) is 12.5. The molecule has 8 rings (SSSR count). The number of para-hydroxylation sites is 4. The number of aromatic carboxylic acids is 1. The fourth-order valence-corrected chi connectivity index (χ4v) is 6.28. The second kappa shape index (κ2) is 18.0. The molecule has 14 nitrogen and oxygen atoms in total. The van der Waals surface area contributed by atoms with Crippen molar-refractivity contribution in [2.45, 2.75) is 6.92 Å². The second-order valence-electron chi connectivity index (χ2n) is 12.5. The van der Waals surface area contributed by atoms with Gasteiger partial charge < -0.3 is 48.9 Å². The molecule has 296 valence electrons. The van der Waals surface area contributed by atoms with E-state index in [0.29, 0.717) is 107 Å². The summed E-state index contributed by atoms with van der Waals surface area (Å²) in [5.41, 5.74) is 5.83. The van der Waals surface area contributed by atoms with Crippen molar-refractivity contribution in [2.75, 3.05) is 57.9 Å². The van der Waals surface area contributed by atoms with Crippen molar-refractivity contribution in [2.24, 2.45) is 0 Å². The van der Waals surface area contributed by atoms with E-state index in [1.807, 2.05) is 60.7 Å². The minimum Gasteiger partial charge on any atom is -0.486 e. The lowest BCUT2D eigenvalue weighted by molar-refractivity contribution is 0.0527. The van der Waals surface area contributed by atoms with Crippen LogP contribution in [0.5, 0.6) is 34.8 Å². The molecule has 0 bridgehead atoms. The van der Waals surface area contributed by atoms with Crippen molar-refractivity contribution in [1.82, 2.24) is 9.97 Å². The Balaban J connectivity index is 0.000000177. The predicted octanol–water partition coefficient (Wildman–Crippen LogP) is 8.42. The van der Waals surface area contributed by atoms with Crippen molar-refractivity contribution in [3.63, 3.8) is 0 Å². The van der Waals surface area contributed by atoms with Crippen molar-refractivity contribution in [3.05, 3.63) is 120 Å². The summed E-state index contributed by atoms with van der Waals surface area (Å²) >= 11 is 0. The summed E-state index contributed by atoms with van der Waals surface area (Å²) in [6.45, 7) is 4.09. The van der Waals surface area contributed by atoms with Gasteiger partial charge in [-0.1, -0.05) is 36.4 Å². The molecule has 2 aliphatic heterocycles. The number of carboxylic acid groups (broad SMARTS) is 1. The number of fused-ring (bicyclic) bond motifs is 2. The van der Waals surface area contributed by atoms with Gasteiger partial charge in [-0.05, 0) is 79.7 Å². The third-order valence-electron chi connectivity index (χ3n) is 8.91. The molecule has 0 unspecified atom stereocenters. The predicted molar refractivity (Wildman–Crippen MR) is 217 cm³/mol. The van der Waals surface area contributed by atoms with Crippen LogP contribution in [0.1, 0.15) is 27.6 Å². The Hall–Kier alpha value is -7.48. The van der Waals surface area contributed by atoms with Gasteiger partial charge in [-0.15, -0.1) is 0 Å². The number of carbonyl (C=O) groups is 2. The number of hydrogen-bond acceptors (Lipinski definition) is 13. The van der Waals surface area contributed by atoms with Crippen LogP contribution in [-0.4, -0.2) is 74.3 Å². The van der Waals surface area contributed by atoms with Gasteiger partial charge in [0.15, 0.2) is 23.0 Å². The number of methoxy groups -OCH3 is 2. The SMILES string of the molecule is CCOC(=O)c1ccccc1Nc1ccc(-c2cccc3c2OCCO3)nc1OC.COc1nc(-c2cccc3c2OCCO3)ccc1Nc1ccccc1C(=O)O. The molecule has 0 amide bonds. The standard InChI is InChI=1S/C23H22N2O5.C21H18N2O5/c1-3-28-23(26)16-7-4-5-9-17(16)24-19-12-11-18(25-22(19)27-2)15-8-6-10-20-21(15)30-14-13-29-20;1-26-20-17(22-15-7-3-2-5-14(15)21(24)25)10-9-16(23-20)13-6-4-8-18-19(13)28-12-11-27-18/h4-12,24H,3,13-14H2,1-2H3;2-10,22H,11-12H2,1H3,(H,24,25). The molecule has 0 aliphatic carbocycles.